The number of carbonyl (C=O) groups is 1. The summed E-state index contributed by atoms with van der Waals surface area (Å²) >= 11 is 0. The molecular weight excluding hydrogens is 449 g/mol. The smallest absolute Gasteiger partial charge is 0.329 e. The Bertz CT molecular complexity index is 439. The van der Waals surface area contributed by atoms with Gasteiger partial charge in [-0.15, -0.1) is 0 Å². The van der Waals surface area contributed by atoms with E-state index in [-0.39, 0.29) is 11.7 Å². The van der Waals surface area contributed by atoms with Crippen molar-refractivity contribution in [3.63, 3.8) is 0 Å². The van der Waals surface area contributed by atoms with Crippen LogP contribution in [0.4, 0.5) is 0 Å². The van der Waals surface area contributed by atoms with E-state index in [4.69, 9.17) is 13.8 Å². The van der Waals surface area contributed by atoms with E-state index in [2.05, 4.69) is 21.0 Å². The molecule has 0 radical (unpaired) electrons. The Morgan fingerprint density at radius 1 is 0.765 bits per heavy atom. The largest absolute Gasteiger partial charge is 0.381 e. The van der Waals surface area contributed by atoms with Crippen LogP contribution in [0.25, 0.3) is 0 Å². The van der Waals surface area contributed by atoms with Gasteiger partial charge in [-0.05, 0) is 6.42 Å². The van der Waals surface area contributed by atoms with Gasteiger partial charge in [0.25, 0.3) is 0 Å². The highest BCUT2D eigenvalue weighted by molar-refractivity contribution is 7.40. The highest BCUT2D eigenvalue weighted by Gasteiger charge is 2.17. The van der Waals surface area contributed by atoms with Crippen molar-refractivity contribution in [1.29, 1.82) is 0 Å². The number of nitrogens with one attached hydrogen (secondary N) is 1. The molecule has 7 heteroatoms. The molecule has 2 atom stereocenters. The van der Waals surface area contributed by atoms with Gasteiger partial charge in [-0.3, -0.25) is 4.79 Å². The quantitative estimate of drug-likeness (QED) is 0.108. The molecule has 0 saturated carbocycles. The monoisotopic (exact) mass is 506 g/mol. The van der Waals surface area contributed by atoms with Gasteiger partial charge in [0.05, 0.1) is 40.5 Å². The van der Waals surface area contributed by atoms with E-state index in [9.17, 15) is 9.69 Å². The zero-order valence-electron chi connectivity index (χ0n) is 23.0. The summed E-state index contributed by atoms with van der Waals surface area (Å²) in [6, 6.07) is 0. The van der Waals surface area contributed by atoms with Crippen molar-refractivity contribution in [2.75, 3.05) is 47.1 Å². The lowest BCUT2D eigenvalue weighted by molar-refractivity contribution is -0.858. The Labute approximate surface area is 212 Å². The second-order valence-electron chi connectivity index (χ2n) is 9.96. The van der Waals surface area contributed by atoms with E-state index in [1.54, 1.807) is 0 Å². The normalized spacial score (nSPS) is 13.5. The summed E-state index contributed by atoms with van der Waals surface area (Å²) in [5.41, 5.74) is 0. The Hall–Kier alpha value is -0.100. The standard InChI is InChI=1S/C27H56NO5P/c1-5-7-8-9-10-11-12-13-14-15-16-17-18-21-31-24-26(23-27(29)6-2)25-33-34(30)32-22-19-20-28(3)4/h26,30H,5-25H2,1-4H3/p+1. The first-order valence-electron chi connectivity index (χ1n) is 14.1. The van der Waals surface area contributed by atoms with Crippen LogP contribution in [0.3, 0.4) is 0 Å². The summed E-state index contributed by atoms with van der Waals surface area (Å²) in [5.74, 6) is 0.177. The van der Waals surface area contributed by atoms with Gasteiger partial charge in [-0.25, -0.2) is 0 Å². The molecular formula is C27H57NO5P+. The van der Waals surface area contributed by atoms with Gasteiger partial charge in [0.1, 0.15) is 5.78 Å². The van der Waals surface area contributed by atoms with Crippen molar-refractivity contribution in [3.8, 4) is 0 Å². The predicted octanol–water partition coefficient (Wildman–Crippen LogP) is 5.87. The molecule has 0 bridgehead atoms. The van der Waals surface area contributed by atoms with Crippen molar-refractivity contribution in [2.24, 2.45) is 5.92 Å². The molecule has 0 aromatic rings. The molecule has 204 valence electrons. The third kappa shape index (κ3) is 25.0. The average Bonchev–Trinajstić information content (AvgIpc) is 2.82. The fourth-order valence-electron chi connectivity index (χ4n) is 3.88. The molecule has 0 rings (SSSR count). The average molecular weight is 507 g/mol. The SMILES string of the molecule is CCCCCCCCCCCCCCCOCC(COP(O)OCCC[NH+](C)C)CC(=O)CC. The van der Waals surface area contributed by atoms with Crippen LogP contribution < -0.4 is 4.90 Å². The Morgan fingerprint density at radius 2 is 1.32 bits per heavy atom. The van der Waals surface area contributed by atoms with E-state index in [1.807, 2.05) is 6.92 Å². The second kappa shape index (κ2) is 26.0. The number of ketones is 1. The number of Topliss-reactive ketones (excluding diaryl/α,β-unsaturated/α-hetero) is 1. The maximum Gasteiger partial charge on any atom is 0.329 e. The van der Waals surface area contributed by atoms with Crippen LogP contribution >= 0.6 is 8.60 Å². The van der Waals surface area contributed by atoms with Gasteiger partial charge in [0, 0.05) is 31.8 Å². The first-order chi connectivity index (χ1) is 16.5. The van der Waals surface area contributed by atoms with E-state index >= 15 is 0 Å². The third-order valence-corrected chi connectivity index (χ3v) is 6.87. The van der Waals surface area contributed by atoms with Crippen LogP contribution in [0.2, 0.25) is 0 Å². The molecule has 0 aliphatic heterocycles. The van der Waals surface area contributed by atoms with E-state index in [0.717, 1.165) is 26.0 Å². The minimum Gasteiger partial charge on any atom is -0.381 e. The van der Waals surface area contributed by atoms with E-state index in [0.29, 0.717) is 32.7 Å². The summed E-state index contributed by atoms with van der Waals surface area (Å²) in [6.45, 7) is 7.15. The number of ether oxygens (including phenoxy) is 1. The number of quaternary nitrogens is 1. The van der Waals surface area contributed by atoms with Crippen LogP contribution in [-0.4, -0.2) is 57.7 Å². The van der Waals surface area contributed by atoms with E-state index in [1.165, 1.54) is 81.9 Å². The van der Waals surface area contributed by atoms with Crippen molar-refractivity contribution in [3.05, 3.63) is 0 Å². The minimum atomic E-state index is -1.89. The molecule has 34 heavy (non-hydrogen) atoms. The van der Waals surface area contributed by atoms with Gasteiger partial charge in [-0.1, -0.05) is 90.9 Å². The zero-order chi connectivity index (χ0) is 25.3. The van der Waals surface area contributed by atoms with Crippen molar-refractivity contribution >= 4 is 14.4 Å². The van der Waals surface area contributed by atoms with Gasteiger partial charge in [0.2, 0.25) is 0 Å². The lowest BCUT2D eigenvalue weighted by Gasteiger charge is -2.18. The summed E-state index contributed by atoms with van der Waals surface area (Å²) in [7, 11) is 2.29. The lowest BCUT2D eigenvalue weighted by atomic mass is 10.0. The number of carbonyl (C=O) groups excluding carboxylic acids is 1. The molecule has 6 nitrogen and oxygen atoms in total. The number of hydrogen-bond donors (Lipinski definition) is 2. The van der Waals surface area contributed by atoms with Crippen LogP contribution in [0.15, 0.2) is 0 Å². The van der Waals surface area contributed by atoms with Gasteiger partial charge >= 0.3 is 8.60 Å². The number of rotatable bonds is 27. The Morgan fingerprint density at radius 3 is 1.85 bits per heavy atom. The summed E-state index contributed by atoms with van der Waals surface area (Å²) in [4.78, 5) is 23.2. The molecule has 0 aromatic heterocycles. The third-order valence-electron chi connectivity index (χ3n) is 6.10. The van der Waals surface area contributed by atoms with Crippen molar-refractivity contribution in [1.82, 2.24) is 0 Å². The Kier molecular flexibility index (Phi) is 25.9. The molecule has 0 aliphatic rings. The topological polar surface area (TPSA) is 69.4 Å². The van der Waals surface area contributed by atoms with Gasteiger partial charge < -0.3 is 23.6 Å². The van der Waals surface area contributed by atoms with E-state index < -0.39 is 8.60 Å². The van der Waals surface area contributed by atoms with Crippen LogP contribution in [0.1, 0.15) is 117 Å². The zero-order valence-corrected chi connectivity index (χ0v) is 23.8. The molecule has 0 saturated heterocycles. The van der Waals surface area contributed by atoms with Gasteiger partial charge in [-0.2, -0.15) is 0 Å². The molecule has 0 fully saturated rings. The molecule has 0 aliphatic carbocycles. The van der Waals surface area contributed by atoms with Crippen LogP contribution in [-0.2, 0) is 18.6 Å². The highest BCUT2D eigenvalue weighted by atomic mass is 31.2. The second-order valence-corrected chi connectivity index (χ2v) is 10.9. The van der Waals surface area contributed by atoms with Crippen molar-refractivity contribution < 1.29 is 28.4 Å². The highest BCUT2D eigenvalue weighted by Crippen LogP contribution is 2.33. The first kappa shape index (κ1) is 33.9. The summed E-state index contributed by atoms with van der Waals surface area (Å²) in [6.07, 6.45) is 19.2. The molecule has 0 spiro atoms. The molecule has 0 heterocycles. The fraction of sp³-hybridized carbons (Fsp3) is 0.963. The summed E-state index contributed by atoms with van der Waals surface area (Å²) < 4.78 is 16.7. The van der Waals surface area contributed by atoms with Crippen LogP contribution in [0.5, 0.6) is 0 Å². The number of unbranched alkanes of at least 4 members (excludes halogenated alkanes) is 12. The minimum absolute atomic E-state index is 0.0265. The molecule has 2 N–H and O–H groups in total. The van der Waals surface area contributed by atoms with Crippen LogP contribution in [0, 0.1) is 5.92 Å². The number of hydrogen-bond acceptors (Lipinski definition) is 5. The first-order valence-corrected chi connectivity index (χ1v) is 15.3. The van der Waals surface area contributed by atoms with Gasteiger partial charge in [0.15, 0.2) is 0 Å². The lowest BCUT2D eigenvalue weighted by Crippen LogP contribution is -3.05. The molecule has 0 amide bonds. The fourth-order valence-corrected chi connectivity index (χ4v) is 4.58. The van der Waals surface area contributed by atoms with Crippen molar-refractivity contribution in [2.45, 2.75) is 117 Å². The molecule has 2 unspecified atom stereocenters. The Balaban J connectivity index is 3.73. The molecule has 0 aromatic carbocycles. The maximum absolute atomic E-state index is 11.9. The predicted molar refractivity (Wildman–Crippen MR) is 143 cm³/mol. The maximum atomic E-state index is 11.9. The summed E-state index contributed by atoms with van der Waals surface area (Å²) in [5, 5.41) is 0.